The third-order valence-electron chi connectivity index (χ3n) is 6.47. The lowest BCUT2D eigenvalue weighted by Gasteiger charge is -2.33. The van der Waals surface area contributed by atoms with Gasteiger partial charge in [0.05, 0.1) is 11.5 Å². The summed E-state index contributed by atoms with van der Waals surface area (Å²) in [6, 6.07) is 11.8. The summed E-state index contributed by atoms with van der Waals surface area (Å²) in [5, 5.41) is 0. The van der Waals surface area contributed by atoms with Crippen molar-refractivity contribution < 1.29 is 27.5 Å². The zero-order chi connectivity index (χ0) is 25.6. The van der Waals surface area contributed by atoms with E-state index in [4.69, 9.17) is 15.2 Å². The number of amides is 1. The Morgan fingerprint density at radius 3 is 2.29 bits per heavy atom. The van der Waals surface area contributed by atoms with E-state index in [-0.39, 0.29) is 36.7 Å². The second-order valence-corrected chi connectivity index (χ2v) is 11.3. The van der Waals surface area contributed by atoms with Crippen molar-refractivity contribution in [2.45, 2.75) is 48.7 Å². The second kappa shape index (κ2) is 11.2. The average Bonchev–Trinajstić information content (AvgIpc) is 2.84. The van der Waals surface area contributed by atoms with Crippen LogP contribution in [-0.2, 0) is 19.4 Å². The summed E-state index contributed by atoms with van der Waals surface area (Å²) in [6.07, 6.45) is 1.89. The molecule has 1 aliphatic heterocycles. The number of rotatable bonds is 11. The number of ether oxygens (including phenoxy) is 2. The molecule has 2 aromatic carbocycles. The molecule has 0 radical (unpaired) electrons. The van der Waals surface area contributed by atoms with Crippen LogP contribution in [0.3, 0.4) is 0 Å². The number of aryl methyl sites for hydroxylation is 1. The first-order valence-corrected chi connectivity index (χ1v) is 13.2. The van der Waals surface area contributed by atoms with Crippen molar-refractivity contribution in [3.05, 3.63) is 53.6 Å². The Kier molecular flexibility index (Phi) is 8.56. The number of Topliss-reactive ketones (excluding diaryl/α,β-unsaturated/α-hetero) is 1. The molecule has 190 valence electrons. The Labute approximate surface area is 207 Å². The van der Waals surface area contributed by atoms with Gasteiger partial charge in [0, 0.05) is 45.0 Å². The highest BCUT2D eigenvalue weighted by molar-refractivity contribution is 7.93. The van der Waals surface area contributed by atoms with Crippen LogP contribution < -0.4 is 15.4 Å². The predicted molar refractivity (Wildman–Crippen MR) is 135 cm³/mol. The monoisotopic (exact) mass is 502 g/mol. The highest BCUT2D eigenvalue weighted by atomic mass is 32.2. The van der Waals surface area contributed by atoms with Crippen LogP contribution >= 0.6 is 0 Å². The van der Waals surface area contributed by atoms with E-state index in [1.54, 1.807) is 12.1 Å². The molecule has 1 heterocycles. The molecule has 0 aromatic heterocycles. The van der Waals surface area contributed by atoms with Crippen LogP contribution in [0.1, 0.15) is 48.0 Å². The molecule has 2 N–H and O–H groups in total. The molecule has 0 spiro atoms. The SMILES string of the molecule is Cc1cc(C(=O)CCCCOc2ccc(S(=O)(=O)C3(C(N)=O)CCOCC3)cc2)ccc1N(C)C. The Morgan fingerprint density at radius 1 is 1.06 bits per heavy atom. The van der Waals surface area contributed by atoms with E-state index in [2.05, 4.69) is 0 Å². The van der Waals surface area contributed by atoms with E-state index in [0.29, 0.717) is 37.2 Å². The molecular formula is C26H34N2O6S. The standard InChI is InChI=1S/C26H34N2O6S/c1-19-18-20(7-12-23(19)28(2)3)24(29)6-4-5-15-34-21-8-10-22(11-9-21)35(31,32)26(25(27)30)13-16-33-17-14-26/h7-12,18H,4-6,13-17H2,1-3H3,(H2,27,30). The minimum absolute atomic E-state index is 0.0340. The van der Waals surface area contributed by atoms with Crippen LogP contribution in [0.15, 0.2) is 47.4 Å². The van der Waals surface area contributed by atoms with Gasteiger partial charge in [0.15, 0.2) is 20.4 Å². The Morgan fingerprint density at radius 2 is 1.71 bits per heavy atom. The molecule has 1 fully saturated rings. The lowest BCUT2D eigenvalue weighted by Crippen LogP contribution is -2.53. The summed E-state index contributed by atoms with van der Waals surface area (Å²) < 4.78 is 35.7. The highest BCUT2D eigenvalue weighted by Gasteiger charge is 2.51. The number of carbonyl (C=O) groups is 2. The molecule has 0 saturated carbocycles. The number of primary amides is 1. The van der Waals surface area contributed by atoms with E-state index in [9.17, 15) is 18.0 Å². The molecule has 8 nitrogen and oxygen atoms in total. The van der Waals surface area contributed by atoms with Crippen LogP contribution in [-0.4, -0.2) is 58.8 Å². The maximum absolute atomic E-state index is 13.2. The van der Waals surface area contributed by atoms with Crippen LogP contribution in [0.25, 0.3) is 0 Å². The Balaban J connectivity index is 1.51. The zero-order valence-electron chi connectivity index (χ0n) is 20.6. The Hall–Kier alpha value is -2.91. The predicted octanol–water partition coefficient (Wildman–Crippen LogP) is 3.30. The summed E-state index contributed by atoms with van der Waals surface area (Å²) in [4.78, 5) is 26.6. The van der Waals surface area contributed by atoms with Gasteiger partial charge in [-0.15, -0.1) is 0 Å². The summed E-state index contributed by atoms with van der Waals surface area (Å²) in [6.45, 7) is 2.74. The van der Waals surface area contributed by atoms with Crippen molar-refractivity contribution in [2.24, 2.45) is 5.73 Å². The molecule has 0 unspecified atom stereocenters. The van der Waals surface area contributed by atoms with Crippen LogP contribution in [0, 0.1) is 6.92 Å². The molecule has 0 bridgehead atoms. The van der Waals surface area contributed by atoms with Gasteiger partial charge < -0.3 is 20.1 Å². The zero-order valence-corrected chi connectivity index (χ0v) is 21.4. The number of carbonyl (C=O) groups excluding carboxylic acids is 2. The van der Waals surface area contributed by atoms with Crippen molar-refractivity contribution in [1.29, 1.82) is 0 Å². The molecular weight excluding hydrogens is 468 g/mol. The van der Waals surface area contributed by atoms with Crippen molar-refractivity contribution >= 4 is 27.2 Å². The number of hydrogen-bond donors (Lipinski definition) is 1. The molecule has 9 heteroatoms. The molecule has 0 aliphatic carbocycles. The van der Waals surface area contributed by atoms with Crippen LogP contribution in [0.2, 0.25) is 0 Å². The first kappa shape index (κ1) is 26.7. The number of nitrogens with two attached hydrogens (primary N) is 1. The summed E-state index contributed by atoms with van der Waals surface area (Å²) in [7, 11) is -0.0211. The van der Waals surface area contributed by atoms with Gasteiger partial charge >= 0.3 is 0 Å². The van der Waals surface area contributed by atoms with Crippen LogP contribution in [0.4, 0.5) is 5.69 Å². The molecule has 1 amide bonds. The Bertz CT molecular complexity index is 1150. The number of hydrogen-bond acceptors (Lipinski definition) is 7. The normalized spacial score (nSPS) is 15.4. The molecule has 1 aliphatic rings. The maximum atomic E-state index is 13.2. The van der Waals surface area contributed by atoms with Gasteiger partial charge in [-0.3, -0.25) is 9.59 Å². The minimum Gasteiger partial charge on any atom is -0.494 e. The molecule has 2 aromatic rings. The van der Waals surface area contributed by atoms with E-state index >= 15 is 0 Å². The van der Waals surface area contributed by atoms with E-state index in [1.165, 1.54) is 12.1 Å². The molecule has 3 rings (SSSR count). The first-order valence-electron chi connectivity index (χ1n) is 11.7. The van der Waals surface area contributed by atoms with Gasteiger partial charge in [-0.25, -0.2) is 8.42 Å². The van der Waals surface area contributed by atoms with Gasteiger partial charge in [-0.05, 0) is 80.6 Å². The van der Waals surface area contributed by atoms with Gasteiger partial charge in [-0.2, -0.15) is 0 Å². The quantitative estimate of drug-likeness (QED) is 0.370. The molecule has 1 saturated heterocycles. The fourth-order valence-corrected chi connectivity index (χ4v) is 6.26. The van der Waals surface area contributed by atoms with E-state index in [0.717, 1.165) is 11.3 Å². The van der Waals surface area contributed by atoms with Gasteiger partial charge in [-0.1, -0.05) is 0 Å². The fourth-order valence-electron chi connectivity index (χ4n) is 4.34. The van der Waals surface area contributed by atoms with E-state index in [1.807, 2.05) is 44.1 Å². The van der Waals surface area contributed by atoms with Gasteiger partial charge in [0.25, 0.3) is 0 Å². The summed E-state index contributed by atoms with van der Waals surface area (Å²) in [5.41, 5.74) is 8.37. The largest absolute Gasteiger partial charge is 0.494 e. The molecule has 0 atom stereocenters. The lowest BCUT2D eigenvalue weighted by atomic mass is 9.98. The number of unbranched alkanes of at least 4 members (excludes halogenated alkanes) is 1. The van der Waals surface area contributed by atoms with Gasteiger partial charge in [0.1, 0.15) is 5.75 Å². The maximum Gasteiger partial charge on any atom is 0.239 e. The minimum atomic E-state index is -3.97. The first-order chi connectivity index (χ1) is 16.6. The smallest absolute Gasteiger partial charge is 0.239 e. The number of benzene rings is 2. The number of ketones is 1. The van der Waals surface area contributed by atoms with E-state index < -0.39 is 20.5 Å². The third kappa shape index (κ3) is 5.85. The number of sulfone groups is 1. The lowest BCUT2D eigenvalue weighted by molar-refractivity contribution is -0.122. The second-order valence-electron chi connectivity index (χ2n) is 9.07. The van der Waals surface area contributed by atoms with Crippen LogP contribution in [0.5, 0.6) is 5.75 Å². The van der Waals surface area contributed by atoms with Crippen molar-refractivity contribution in [1.82, 2.24) is 0 Å². The number of nitrogens with zero attached hydrogens (tertiary/aromatic N) is 1. The van der Waals surface area contributed by atoms with Crippen molar-refractivity contribution in [3.8, 4) is 5.75 Å². The number of anilines is 1. The average molecular weight is 503 g/mol. The summed E-state index contributed by atoms with van der Waals surface area (Å²) >= 11 is 0. The topological polar surface area (TPSA) is 116 Å². The highest BCUT2D eigenvalue weighted by Crippen LogP contribution is 2.35. The van der Waals surface area contributed by atoms with Crippen molar-refractivity contribution in [2.75, 3.05) is 38.8 Å². The van der Waals surface area contributed by atoms with Gasteiger partial charge in [0.2, 0.25) is 5.91 Å². The van der Waals surface area contributed by atoms with Crippen molar-refractivity contribution in [3.63, 3.8) is 0 Å². The fraction of sp³-hybridized carbons (Fsp3) is 0.462. The third-order valence-corrected chi connectivity index (χ3v) is 9.00. The summed E-state index contributed by atoms with van der Waals surface area (Å²) in [5.74, 6) is -0.228. The molecule has 35 heavy (non-hydrogen) atoms.